The van der Waals surface area contributed by atoms with Crippen LogP contribution in [-0.2, 0) is 16.4 Å². The van der Waals surface area contributed by atoms with Crippen molar-refractivity contribution in [2.24, 2.45) is 0 Å². The average molecular weight is 416 g/mol. The van der Waals surface area contributed by atoms with Gasteiger partial charge in [0.25, 0.3) is 0 Å². The van der Waals surface area contributed by atoms with E-state index in [1.54, 1.807) is 0 Å². The van der Waals surface area contributed by atoms with Crippen molar-refractivity contribution in [3.05, 3.63) is 59.7 Å². The van der Waals surface area contributed by atoms with Gasteiger partial charge in [-0.15, -0.1) is 0 Å². The molecular weight excluding hydrogens is 386 g/mol. The topological polar surface area (TPSA) is 64.6 Å². The van der Waals surface area contributed by atoms with E-state index >= 15 is 0 Å². The highest BCUT2D eigenvalue weighted by atomic mass is 32.2. The number of benzene rings is 2. The first-order valence-corrected chi connectivity index (χ1v) is 12.1. The van der Waals surface area contributed by atoms with E-state index in [9.17, 15) is 8.42 Å². The maximum absolute atomic E-state index is 12.1. The van der Waals surface area contributed by atoms with Crippen molar-refractivity contribution in [3.63, 3.8) is 0 Å². The molecule has 156 valence electrons. The summed E-state index contributed by atoms with van der Waals surface area (Å²) in [5, 5.41) is -0.217. The molecule has 0 spiro atoms. The molecule has 0 amide bonds. The second-order valence-electron chi connectivity index (χ2n) is 7.92. The van der Waals surface area contributed by atoms with Crippen LogP contribution < -0.4 is 14.2 Å². The molecule has 0 bridgehead atoms. The van der Waals surface area contributed by atoms with Gasteiger partial charge in [0.15, 0.2) is 0 Å². The minimum atomic E-state index is -3.19. The Morgan fingerprint density at radius 1 is 1.03 bits per heavy atom. The fraction of sp³-hybridized carbons (Fsp3) is 0.478. The van der Waals surface area contributed by atoms with Gasteiger partial charge in [0, 0.05) is 12.1 Å². The third-order valence-electron chi connectivity index (χ3n) is 5.87. The summed E-state index contributed by atoms with van der Waals surface area (Å²) in [4.78, 5) is 0. The fourth-order valence-electron chi connectivity index (χ4n) is 4.00. The third-order valence-corrected chi connectivity index (χ3v) is 7.82. The van der Waals surface area contributed by atoms with E-state index in [-0.39, 0.29) is 5.25 Å². The molecule has 1 saturated carbocycles. The maximum Gasteiger partial charge on any atom is 0.214 e. The first-order valence-electron chi connectivity index (χ1n) is 10.5. The van der Waals surface area contributed by atoms with Gasteiger partial charge in [-0.05, 0) is 61.8 Å². The van der Waals surface area contributed by atoms with Crippen molar-refractivity contribution < 1.29 is 17.9 Å². The van der Waals surface area contributed by atoms with Crippen LogP contribution in [0.3, 0.4) is 0 Å². The zero-order valence-electron chi connectivity index (χ0n) is 16.7. The molecule has 29 heavy (non-hydrogen) atoms. The van der Waals surface area contributed by atoms with Crippen molar-refractivity contribution in [2.75, 3.05) is 19.8 Å². The van der Waals surface area contributed by atoms with Gasteiger partial charge in [-0.3, -0.25) is 0 Å². The summed E-state index contributed by atoms with van der Waals surface area (Å²) >= 11 is 0. The summed E-state index contributed by atoms with van der Waals surface area (Å²) in [5.41, 5.74) is 2.50. The highest BCUT2D eigenvalue weighted by Gasteiger charge is 2.30. The van der Waals surface area contributed by atoms with Crippen LogP contribution in [0.4, 0.5) is 0 Å². The van der Waals surface area contributed by atoms with Gasteiger partial charge < -0.3 is 9.47 Å². The summed E-state index contributed by atoms with van der Waals surface area (Å²) in [6.45, 7) is 1.34. The molecule has 6 heteroatoms. The SMILES string of the molecule is O=S(=O)(NCCOc1ccc2c(c1)C(Cc1ccccc1)CCCO2)C1CCC1. The van der Waals surface area contributed by atoms with E-state index < -0.39 is 10.0 Å². The first kappa shape index (κ1) is 20.2. The number of fused-ring (bicyclic) bond motifs is 1. The number of rotatable bonds is 8. The van der Waals surface area contributed by atoms with E-state index in [0.717, 1.165) is 56.6 Å². The Kier molecular flexibility index (Phi) is 6.40. The predicted molar refractivity (Wildman–Crippen MR) is 114 cm³/mol. The molecule has 2 aromatic carbocycles. The van der Waals surface area contributed by atoms with Crippen molar-refractivity contribution in [2.45, 2.75) is 49.7 Å². The molecule has 1 atom stereocenters. The molecule has 1 aliphatic carbocycles. The first-order chi connectivity index (χ1) is 14.1. The van der Waals surface area contributed by atoms with Gasteiger partial charge >= 0.3 is 0 Å². The minimum Gasteiger partial charge on any atom is -0.493 e. The van der Waals surface area contributed by atoms with Crippen molar-refractivity contribution in [3.8, 4) is 11.5 Å². The van der Waals surface area contributed by atoms with Gasteiger partial charge in [0.2, 0.25) is 10.0 Å². The Balaban J connectivity index is 1.39. The Morgan fingerprint density at radius 2 is 1.86 bits per heavy atom. The summed E-state index contributed by atoms with van der Waals surface area (Å²) in [5.74, 6) is 2.08. The molecule has 4 rings (SSSR count). The van der Waals surface area contributed by atoms with E-state index in [4.69, 9.17) is 9.47 Å². The van der Waals surface area contributed by atoms with Crippen LogP contribution in [0.15, 0.2) is 48.5 Å². The lowest BCUT2D eigenvalue weighted by Crippen LogP contribution is -2.40. The number of hydrogen-bond donors (Lipinski definition) is 1. The average Bonchev–Trinajstić information content (AvgIpc) is 2.86. The Labute approximate surface area is 173 Å². The van der Waals surface area contributed by atoms with Crippen molar-refractivity contribution in [1.82, 2.24) is 4.72 Å². The molecule has 5 nitrogen and oxygen atoms in total. The number of sulfonamides is 1. The van der Waals surface area contributed by atoms with Crippen LogP contribution >= 0.6 is 0 Å². The lowest BCUT2D eigenvalue weighted by atomic mass is 9.88. The van der Waals surface area contributed by atoms with Crippen LogP contribution in [0.2, 0.25) is 0 Å². The highest BCUT2D eigenvalue weighted by molar-refractivity contribution is 7.90. The normalized spacial score (nSPS) is 19.5. The van der Waals surface area contributed by atoms with E-state index in [0.29, 0.717) is 19.1 Å². The molecule has 0 radical (unpaired) electrons. The zero-order chi connectivity index (χ0) is 20.1. The lowest BCUT2D eigenvalue weighted by molar-refractivity contribution is 0.311. The Bertz CT molecular complexity index is 910. The van der Waals surface area contributed by atoms with Crippen LogP contribution in [0.5, 0.6) is 11.5 Å². The maximum atomic E-state index is 12.1. The summed E-state index contributed by atoms with van der Waals surface area (Å²) in [7, 11) is -3.19. The summed E-state index contributed by atoms with van der Waals surface area (Å²) in [6, 6.07) is 16.5. The molecule has 1 aliphatic heterocycles. The van der Waals surface area contributed by atoms with Gasteiger partial charge in [-0.25, -0.2) is 13.1 Å². The Hall–Kier alpha value is -2.05. The summed E-state index contributed by atoms with van der Waals surface area (Å²) < 4.78 is 38.6. The molecule has 1 heterocycles. The molecular formula is C23H29NO4S. The van der Waals surface area contributed by atoms with Gasteiger partial charge in [0.05, 0.1) is 11.9 Å². The molecule has 2 aliphatic rings. The van der Waals surface area contributed by atoms with Crippen LogP contribution in [-0.4, -0.2) is 33.4 Å². The van der Waals surface area contributed by atoms with E-state index in [1.807, 2.05) is 18.2 Å². The highest BCUT2D eigenvalue weighted by Crippen LogP contribution is 2.37. The second-order valence-corrected chi connectivity index (χ2v) is 9.96. The fourth-order valence-corrected chi connectivity index (χ4v) is 5.55. The van der Waals surface area contributed by atoms with Gasteiger partial charge in [-0.1, -0.05) is 36.8 Å². The molecule has 1 fully saturated rings. The zero-order valence-corrected chi connectivity index (χ0v) is 17.5. The van der Waals surface area contributed by atoms with Crippen LogP contribution in [0.1, 0.15) is 49.1 Å². The number of ether oxygens (including phenoxy) is 2. The monoisotopic (exact) mass is 415 g/mol. The molecule has 2 aromatic rings. The number of nitrogens with one attached hydrogen (secondary N) is 1. The third kappa shape index (κ3) is 5.11. The number of hydrogen-bond acceptors (Lipinski definition) is 4. The van der Waals surface area contributed by atoms with Crippen molar-refractivity contribution in [1.29, 1.82) is 0 Å². The molecule has 0 saturated heterocycles. The van der Waals surface area contributed by atoms with E-state index in [1.165, 1.54) is 11.1 Å². The second kappa shape index (κ2) is 9.18. The Morgan fingerprint density at radius 3 is 2.62 bits per heavy atom. The molecule has 0 aromatic heterocycles. The van der Waals surface area contributed by atoms with Crippen molar-refractivity contribution >= 4 is 10.0 Å². The lowest BCUT2D eigenvalue weighted by Gasteiger charge is -2.25. The largest absolute Gasteiger partial charge is 0.493 e. The molecule has 1 unspecified atom stereocenters. The van der Waals surface area contributed by atoms with Gasteiger partial charge in [-0.2, -0.15) is 0 Å². The van der Waals surface area contributed by atoms with E-state index in [2.05, 4.69) is 35.1 Å². The van der Waals surface area contributed by atoms with Gasteiger partial charge in [0.1, 0.15) is 18.1 Å². The molecule has 1 N–H and O–H groups in total. The van der Waals surface area contributed by atoms with Crippen LogP contribution in [0, 0.1) is 0 Å². The summed E-state index contributed by atoms with van der Waals surface area (Å²) in [6.07, 6.45) is 5.62. The standard InChI is InChI=1S/C23H29NO4S/c25-29(26,21-9-4-10-21)24-13-15-27-20-11-12-23-22(17-20)19(8-5-14-28-23)16-18-6-2-1-3-7-18/h1-3,6-7,11-12,17,19,21,24H,4-5,8-10,13-16H2. The smallest absolute Gasteiger partial charge is 0.214 e. The minimum absolute atomic E-state index is 0.217. The predicted octanol–water partition coefficient (Wildman–Crippen LogP) is 4.04. The van der Waals surface area contributed by atoms with Crippen LogP contribution in [0.25, 0.3) is 0 Å². The quantitative estimate of drug-likeness (QED) is 0.661.